The average molecular weight is 365 g/mol. The lowest BCUT2D eigenvalue weighted by Crippen LogP contribution is -2.47. The molecule has 2 aliphatic rings. The van der Waals surface area contributed by atoms with Crippen LogP contribution < -0.4 is 10.1 Å². The van der Waals surface area contributed by atoms with Crippen molar-refractivity contribution in [1.82, 2.24) is 15.2 Å². The molecule has 1 amide bonds. The summed E-state index contributed by atoms with van der Waals surface area (Å²) >= 11 is 0. The van der Waals surface area contributed by atoms with Gasteiger partial charge in [-0.1, -0.05) is 24.6 Å². The Morgan fingerprint density at radius 1 is 1.22 bits per heavy atom. The highest BCUT2D eigenvalue weighted by atomic mass is 16.5. The number of rotatable bonds is 4. The molecular weight excluding hydrogens is 338 g/mol. The van der Waals surface area contributed by atoms with E-state index >= 15 is 0 Å². The van der Waals surface area contributed by atoms with E-state index in [0.29, 0.717) is 12.5 Å². The number of methoxy groups -OCH3 is 1. The highest BCUT2D eigenvalue weighted by Crippen LogP contribution is 2.37. The van der Waals surface area contributed by atoms with E-state index in [1.54, 1.807) is 7.11 Å². The highest BCUT2D eigenvalue weighted by Gasteiger charge is 2.43. The van der Waals surface area contributed by atoms with Crippen LogP contribution in [-0.2, 0) is 11.3 Å². The Bertz CT molecular complexity index is 780. The molecule has 4 rings (SSSR count). The van der Waals surface area contributed by atoms with Crippen molar-refractivity contribution >= 4 is 5.91 Å². The third-order valence-electron chi connectivity index (χ3n) is 5.84. The predicted octanol–water partition coefficient (Wildman–Crippen LogP) is 3.12. The van der Waals surface area contributed by atoms with Gasteiger partial charge in [-0.3, -0.25) is 14.7 Å². The Labute approximate surface area is 160 Å². The Kier molecular flexibility index (Phi) is 5.39. The smallest absolute Gasteiger partial charge is 0.220 e. The van der Waals surface area contributed by atoms with E-state index < -0.39 is 0 Å². The number of nitrogens with one attached hydrogen (secondary N) is 1. The van der Waals surface area contributed by atoms with Crippen LogP contribution in [0.1, 0.15) is 42.9 Å². The lowest BCUT2D eigenvalue weighted by Gasteiger charge is -2.31. The molecule has 3 heterocycles. The zero-order chi connectivity index (χ0) is 18.6. The summed E-state index contributed by atoms with van der Waals surface area (Å²) in [5.74, 6) is 1.30. The SMILES string of the molecule is COc1cccc([C@@H]2CN(Cc3ccccn3)[C@@H]3CCCCC(=O)N[C@H]32)c1. The van der Waals surface area contributed by atoms with E-state index in [0.717, 1.165) is 43.8 Å². The minimum Gasteiger partial charge on any atom is -0.497 e. The van der Waals surface area contributed by atoms with E-state index in [2.05, 4.69) is 33.4 Å². The normalized spacial score (nSPS) is 26.0. The average Bonchev–Trinajstić information content (AvgIpc) is 3.00. The van der Waals surface area contributed by atoms with Crippen LogP contribution in [0.3, 0.4) is 0 Å². The lowest BCUT2D eigenvalue weighted by molar-refractivity contribution is -0.122. The Hall–Kier alpha value is -2.40. The van der Waals surface area contributed by atoms with Gasteiger partial charge in [-0.25, -0.2) is 0 Å². The summed E-state index contributed by atoms with van der Waals surface area (Å²) in [7, 11) is 1.70. The molecule has 3 atom stereocenters. The van der Waals surface area contributed by atoms with Gasteiger partial charge in [0.1, 0.15) is 5.75 Å². The molecule has 0 unspecified atom stereocenters. The van der Waals surface area contributed by atoms with Crippen LogP contribution in [0.25, 0.3) is 0 Å². The topological polar surface area (TPSA) is 54.5 Å². The van der Waals surface area contributed by atoms with E-state index in [-0.39, 0.29) is 17.9 Å². The number of likely N-dealkylation sites (tertiary alicyclic amines) is 1. The molecule has 27 heavy (non-hydrogen) atoms. The first-order valence-electron chi connectivity index (χ1n) is 9.82. The second kappa shape index (κ2) is 8.09. The monoisotopic (exact) mass is 365 g/mol. The van der Waals surface area contributed by atoms with E-state index in [4.69, 9.17) is 4.74 Å². The van der Waals surface area contributed by atoms with Gasteiger partial charge in [-0.05, 0) is 42.7 Å². The number of carbonyl (C=O) groups is 1. The number of amides is 1. The molecule has 0 spiro atoms. The molecule has 2 aromatic rings. The molecule has 142 valence electrons. The van der Waals surface area contributed by atoms with Gasteiger partial charge in [0, 0.05) is 37.7 Å². The van der Waals surface area contributed by atoms with Gasteiger partial charge in [-0.2, -0.15) is 0 Å². The second-order valence-corrected chi connectivity index (χ2v) is 7.54. The Balaban J connectivity index is 1.64. The summed E-state index contributed by atoms with van der Waals surface area (Å²) in [6.45, 7) is 1.73. The number of hydrogen-bond acceptors (Lipinski definition) is 4. The number of nitrogens with zero attached hydrogens (tertiary/aromatic N) is 2. The third-order valence-corrected chi connectivity index (χ3v) is 5.84. The fourth-order valence-corrected chi connectivity index (χ4v) is 4.52. The van der Waals surface area contributed by atoms with Crippen LogP contribution in [0.4, 0.5) is 0 Å². The van der Waals surface area contributed by atoms with Gasteiger partial charge < -0.3 is 10.1 Å². The molecule has 5 nitrogen and oxygen atoms in total. The number of pyridine rings is 1. The fraction of sp³-hybridized carbons (Fsp3) is 0.455. The summed E-state index contributed by atoms with van der Waals surface area (Å²) in [4.78, 5) is 19.4. The molecule has 0 saturated carbocycles. The van der Waals surface area contributed by atoms with Crippen LogP contribution in [0, 0.1) is 0 Å². The molecule has 2 fully saturated rings. The number of ether oxygens (including phenoxy) is 1. The van der Waals surface area contributed by atoms with Crippen LogP contribution in [0.2, 0.25) is 0 Å². The molecular formula is C22H27N3O2. The fourth-order valence-electron chi connectivity index (χ4n) is 4.52. The molecule has 0 aliphatic carbocycles. The third kappa shape index (κ3) is 3.98. The number of hydrogen-bond donors (Lipinski definition) is 1. The summed E-state index contributed by atoms with van der Waals surface area (Å²) < 4.78 is 5.43. The van der Waals surface area contributed by atoms with Crippen molar-refractivity contribution in [2.75, 3.05) is 13.7 Å². The first-order chi connectivity index (χ1) is 13.2. The molecule has 1 N–H and O–H groups in total. The maximum atomic E-state index is 12.4. The molecule has 2 aliphatic heterocycles. The van der Waals surface area contributed by atoms with E-state index in [1.165, 1.54) is 5.56 Å². The van der Waals surface area contributed by atoms with Crippen LogP contribution in [0.15, 0.2) is 48.7 Å². The zero-order valence-electron chi connectivity index (χ0n) is 15.8. The number of carbonyl (C=O) groups excluding carboxylic acids is 1. The first kappa shape index (κ1) is 18.0. The molecule has 1 aromatic heterocycles. The lowest BCUT2D eigenvalue weighted by atomic mass is 9.88. The molecule has 1 aromatic carbocycles. The van der Waals surface area contributed by atoms with Crippen molar-refractivity contribution in [1.29, 1.82) is 0 Å². The van der Waals surface area contributed by atoms with Crippen LogP contribution in [-0.4, -0.2) is 41.5 Å². The molecule has 2 saturated heterocycles. The van der Waals surface area contributed by atoms with Crippen molar-refractivity contribution in [2.24, 2.45) is 0 Å². The van der Waals surface area contributed by atoms with Crippen molar-refractivity contribution in [3.63, 3.8) is 0 Å². The number of fused-ring (bicyclic) bond motifs is 1. The minimum absolute atomic E-state index is 0.133. The Morgan fingerprint density at radius 2 is 2.15 bits per heavy atom. The first-order valence-corrected chi connectivity index (χ1v) is 9.82. The summed E-state index contributed by atoms with van der Waals surface area (Å²) in [6.07, 6.45) is 5.66. The second-order valence-electron chi connectivity index (χ2n) is 7.54. The number of aromatic nitrogens is 1. The summed E-state index contributed by atoms with van der Waals surface area (Å²) in [5.41, 5.74) is 2.31. The van der Waals surface area contributed by atoms with Crippen LogP contribution >= 0.6 is 0 Å². The van der Waals surface area contributed by atoms with Crippen molar-refractivity contribution in [3.05, 3.63) is 59.9 Å². The van der Waals surface area contributed by atoms with Gasteiger partial charge in [0.2, 0.25) is 5.91 Å². The summed E-state index contributed by atoms with van der Waals surface area (Å²) in [6, 6.07) is 14.8. The largest absolute Gasteiger partial charge is 0.497 e. The van der Waals surface area contributed by atoms with Crippen LogP contribution in [0.5, 0.6) is 5.75 Å². The quantitative estimate of drug-likeness (QED) is 0.905. The maximum Gasteiger partial charge on any atom is 0.220 e. The highest BCUT2D eigenvalue weighted by molar-refractivity contribution is 5.76. The molecule has 5 heteroatoms. The zero-order valence-corrected chi connectivity index (χ0v) is 15.8. The van der Waals surface area contributed by atoms with E-state index in [1.807, 2.05) is 30.5 Å². The molecule has 0 bridgehead atoms. The van der Waals surface area contributed by atoms with Crippen molar-refractivity contribution in [2.45, 2.75) is 50.2 Å². The van der Waals surface area contributed by atoms with Gasteiger partial charge >= 0.3 is 0 Å². The Morgan fingerprint density at radius 3 is 2.96 bits per heavy atom. The van der Waals surface area contributed by atoms with Gasteiger partial charge in [0.05, 0.1) is 18.8 Å². The number of benzene rings is 1. The molecule has 0 radical (unpaired) electrons. The maximum absolute atomic E-state index is 12.4. The summed E-state index contributed by atoms with van der Waals surface area (Å²) in [5, 5.41) is 3.34. The van der Waals surface area contributed by atoms with Gasteiger partial charge in [0.25, 0.3) is 0 Å². The minimum atomic E-state index is 0.133. The van der Waals surface area contributed by atoms with Gasteiger partial charge in [-0.15, -0.1) is 0 Å². The van der Waals surface area contributed by atoms with E-state index in [9.17, 15) is 4.79 Å². The predicted molar refractivity (Wildman–Crippen MR) is 105 cm³/mol. The van der Waals surface area contributed by atoms with Gasteiger partial charge in [0.15, 0.2) is 0 Å². The standard InChI is InChI=1S/C22H27N3O2/c1-27-18-9-6-7-16(13-18)19-15-25(14-17-8-4-5-12-23-17)20-10-2-3-11-21(26)24-22(19)20/h4-9,12-13,19-20,22H,2-3,10-11,14-15H2,1H3,(H,24,26)/t19-,20+,22-/m0/s1. The van der Waals surface area contributed by atoms with Crippen molar-refractivity contribution < 1.29 is 9.53 Å². The van der Waals surface area contributed by atoms with Crippen molar-refractivity contribution in [3.8, 4) is 5.75 Å².